The zero-order chi connectivity index (χ0) is 57.0. The van der Waals surface area contributed by atoms with E-state index >= 15 is 0 Å². The third-order valence-corrected chi connectivity index (χ3v) is 18.6. The summed E-state index contributed by atoms with van der Waals surface area (Å²) in [5, 5.41) is 0. The predicted molar refractivity (Wildman–Crippen MR) is 339 cm³/mol. The molecule has 6 aromatic rings. The number of benzene rings is 6. The fourth-order valence-corrected chi connectivity index (χ4v) is 12.8. The van der Waals surface area contributed by atoms with Crippen molar-refractivity contribution >= 4 is 67.0 Å². The van der Waals surface area contributed by atoms with Crippen molar-refractivity contribution in [3.05, 3.63) is 226 Å². The van der Waals surface area contributed by atoms with E-state index < -0.39 is 36.2 Å². The third kappa shape index (κ3) is 17.2. The van der Waals surface area contributed by atoms with Gasteiger partial charge in [0.25, 0.3) is 0 Å². The standard InChI is InChI=1S/C42H48O4P2.C26H30O6P2/c43-41(37-23-19-33(20-24-37)31-15-11-29(27-47)12-16-31)45-39(35-7-3-1-4-8-35)40(36-9-5-2-6-10-36)46-42(44)38-25-21-34(22-26-38)32-17-13-30(28-48)14-18-32;27-24(12-11-19-5-9-21(17-34)10-6-19)31-22-14-28-26-23(15-29-25(22)26)32-30-13-1-2-18-3-7-20(16-33)8-4-18/h1-10,19-26,29-32,39-40H,11-18,27-28,47-48H2;1-12,22-23,25-26H,13-17,33-34H2/b;2-1+,12-11+/t29?,30?,31?,32?,39-,40-;22?,23-,25+,26+/m10/s1. The van der Waals surface area contributed by atoms with E-state index in [0.717, 1.165) is 46.4 Å². The molecule has 2 heterocycles. The maximum absolute atomic E-state index is 13.8. The first-order valence-corrected chi connectivity index (χ1v) is 32.2. The van der Waals surface area contributed by atoms with Gasteiger partial charge in [-0.3, -0.25) is 0 Å². The summed E-state index contributed by atoms with van der Waals surface area (Å²) in [4.78, 5) is 50.6. The lowest BCUT2D eigenvalue weighted by Gasteiger charge is -2.29. The summed E-state index contributed by atoms with van der Waals surface area (Å²) >= 11 is 0. The van der Waals surface area contributed by atoms with E-state index in [2.05, 4.69) is 85.5 Å². The fraction of sp³-hybridized carbons (Fsp3) is 0.368. The van der Waals surface area contributed by atoms with Gasteiger partial charge in [0, 0.05) is 6.08 Å². The van der Waals surface area contributed by atoms with Crippen LogP contribution in [0.5, 0.6) is 0 Å². The average Bonchev–Trinajstić information content (AvgIpc) is 4.21. The maximum atomic E-state index is 13.8. The van der Waals surface area contributed by atoms with Gasteiger partial charge in [0.05, 0.1) is 24.3 Å². The van der Waals surface area contributed by atoms with Crippen LogP contribution in [0.2, 0.25) is 0 Å². The van der Waals surface area contributed by atoms with Gasteiger partial charge in [0.2, 0.25) is 0 Å². The smallest absolute Gasteiger partial charge is 0.338 e. The van der Waals surface area contributed by atoms with Crippen molar-refractivity contribution in [3.8, 4) is 0 Å². The minimum Gasteiger partial charge on any atom is -0.454 e. The Morgan fingerprint density at radius 3 is 1.37 bits per heavy atom. The molecule has 82 heavy (non-hydrogen) atoms. The van der Waals surface area contributed by atoms with E-state index in [1.54, 1.807) is 6.08 Å². The molecule has 10 rings (SSSR count). The van der Waals surface area contributed by atoms with Gasteiger partial charge in [-0.2, -0.15) is 0 Å². The third-order valence-electron chi connectivity index (χ3n) is 16.3. The maximum Gasteiger partial charge on any atom is 0.338 e. The molecule has 0 N–H and O–H groups in total. The lowest BCUT2D eigenvalue weighted by atomic mass is 9.79. The zero-order valence-electron chi connectivity index (χ0n) is 46.6. The molecule has 0 radical (unpaired) electrons. The Labute approximate surface area is 494 Å². The Bertz CT molecular complexity index is 2860. The molecule has 0 bridgehead atoms. The summed E-state index contributed by atoms with van der Waals surface area (Å²) in [6.07, 6.45) is 17.7. The van der Waals surface area contributed by atoms with Crippen molar-refractivity contribution in [3.63, 3.8) is 0 Å². The van der Waals surface area contributed by atoms with Crippen LogP contribution in [0.25, 0.3) is 12.2 Å². The molecule has 14 heteroatoms. The molecule has 10 nitrogen and oxygen atoms in total. The molecule has 0 aromatic heterocycles. The van der Waals surface area contributed by atoms with Gasteiger partial charge in [-0.1, -0.05) is 146 Å². The average molecular weight is 1180 g/mol. The topological polar surface area (TPSA) is 116 Å². The summed E-state index contributed by atoms with van der Waals surface area (Å²) < 4.78 is 29.7. The number of carbonyl (C=O) groups is 3. The van der Waals surface area contributed by atoms with Crippen LogP contribution in [-0.4, -0.2) is 74.5 Å². The van der Waals surface area contributed by atoms with E-state index in [-0.39, 0.29) is 24.9 Å². The van der Waals surface area contributed by atoms with Gasteiger partial charge < -0.3 is 23.7 Å². The van der Waals surface area contributed by atoms with E-state index in [1.165, 1.54) is 92.0 Å². The molecular weight excluding hydrogens is 1100 g/mol. The zero-order valence-corrected chi connectivity index (χ0v) is 51.2. The van der Waals surface area contributed by atoms with Crippen LogP contribution in [-0.2, 0) is 50.6 Å². The Kier molecular flexibility index (Phi) is 23.6. The summed E-state index contributed by atoms with van der Waals surface area (Å²) in [7, 11) is 11.2. The summed E-state index contributed by atoms with van der Waals surface area (Å²) in [6.45, 7) is 0.895. The van der Waals surface area contributed by atoms with Crippen molar-refractivity contribution in [1.82, 2.24) is 0 Å². The molecular formula is C68H78O10P4. The SMILES string of the molecule is O=C(/C=C/c1ccc(CP)cc1)OC1CO[C@@H]2[C@@H](OOC/C=C/c3ccc(CP)cc3)CO[C@H]12.O=C(O[C@H](c1ccccc1)[C@H](OC(=O)c1ccc(C2CCC(CP)CC2)cc1)c1ccccc1)c1ccc(C2CCC(CP)CC2)cc1. The second kappa shape index (κ2) is 31.6. The Hall–Kier alpha value is -5.23. The Balaban J connectivity index is 0.000000210. The van der Waals surface area contributed by atoms with Gasteiger partial charge in [-0.05, 0) is 175 Å². The lowest BCUT2D eigenvalue weighted by molar-refractivity contribution is -0.326. The van der Waals surface area contributed by atoms with E-state index in [0.29, 0.717) is 36.2 Å². The van der Waals surface area contributed by atoms with Gasteiger partial charge in [0.15, 0.2) is 18.3 Å². The molecule has 6 aromatic carbocycles. The van der Waals surface area contributed by atoms with Crippen LogP contribution >= 0.6 is 37.0 Å². The first kappa shape index (κ1) is 61.3. The van der Waals surface area contributed by atoms with Gasteiger partial charge in [0.1, 0.15) is 24.9 Å². The molecule has 0 spiro atoms. The van der Waals surface area contributed by atoms with Crippen LogP contribution in [0, 0.1) is 11.8 Å². The van der Waals surface area contributed by atoms with Crippen LogP contribution in [0.4, 0.5) is 0 Å². The summed E-state index contributed by atoms with van der Waals surface area (Å²) in [5.41, 5.74) is 9.57. The molecule has 430 valence electrons. The molecule has 0 amide bonds. The largest absolute Gasteiger partial charge is 0.454 e. The van der Waals surface area contributed by atoms with E-state index in [9.17, 15) is 14.4 Å². The number of ether oxygens (including phenoxy) is 5. The van der Waals surface area contributed by atoms with Gasteiger partial charge in [-0.25, -0.2) is 24.2 Å². The first-order valence-electron chi connectivity index (χ1n) is 28.9. The molecule has 2 saturated heterocycles. The highest BCUT2D eigenvalue weighted by Gasteiger charge is 2.50. The molecule has 2 aliphatic carbocycles. The highest BCUT2D eigenvalue weighted by Crippen LogP contribution is 2.40. The quantitative estimate of drug-likeness (QED) is 0.0131. The number of hydrogen-bond acceptors (Lipinski definition) is 10. The summed E-state index contributed by atoms with van der Waals surface area (Å²) in [6, 6.07) is 51.3. The lowest BCUT2D eigenvalue weighted by Crippen LogP contribution is -2.34. The normalized spacial score (nSPS) is 23.1. The number of carbonyl (C=O) groups excluding carboxylic acids is 3. The minimum atomic E-state index is -0.849. The molecule has 5 unspecified atom stereocenters. The summed E-state index contributed by atoms with van der Waals surface area (Å²) in [5.74, 6) is 1.36. The predicted octanol–water partition coefficient (Wildman–Crippen LogP) is 14.7. The number of rotatable bonds is 21. The second-order valence-corrected chi connectivity index (χ2v) is 23.5. The van der Waals surface area contributed by atoms with Crippen molar-refractivity contribution in [1.29, 1.82) is 0 Å². The fourth-order valence-electron chi connectivity index (χ4n) is 11.4. The van der Waals surface area contributed by atoms with Crippen LogP contribution in [0.3, 0.4) is 0 Å². The Morgan fingerprint density at radius 1 is 0.500 bits per heavy atom. The molecule has 2 saturated carbocycles. The number of fused-ring (bicyclic) bond motifs is 1. The molecule has 10 atom stereocenters. The van der Waals surface area contributed by atoms with Crippen LogP contribution in [0.1, 0.15) is 141 Å². The van der Waals surface area contributed by atoms with Gasteiger partial charge >= 0.3 is 17.9 Å². The highest BCUT2D eigenvalue weighted by atomic mass is 31.0. The van der Waals surface area contributed by atoms with Crippen molar-refractivity contribution in [2.45, 2.75) is 112 Å². The second-order valence-electron chi connectivity index (χ2n) is 21.7. The Morgan fingerprint density at radius 2 is 0.927 bits per heavy atom. The minimum absolute atomic E-state index is 0.268. The molecule has 2 aliphatic heterocycles. The van der Waals surface area contributed by atoms with E-state index in [4.69, 9.17) is 33.5 Å². The molecule has 4 aliphatic rings. The highest BCUT2D eigenvalue weighted by molar-refractivity contribution is 7.16. The van der Waals surface area contributed by atoms with E-state index in [1.807, 2.05) is 121 Å². The van der Waals surface area contributed by atoms with Crippen LogP contribution < -0.4 is 0 Å². The number of esters is 3. The first-order chi connectivity index (χ1) is 40.2. The molecule has 4 fully saturated rings. The van der Waals surface area contributed by atoms with Crippen LogP contribution in [0.15, 0.2) is 170 Å². The number of hydrogen-bond donors (Lipinski definition) is 0. The monoisotopic (exact) mass is 1180 g/mol. The van der Waals surface area contributed by atoms with Gasteiger partial charge in [-0.15, -0.1) is 37.0 Å². The van der Waals surface area contributed by atoms with Crippen molar-refractivity contribution in [2.75, 3.05) is 32.1 Å². The van der Waals surface area contributed by atoms with Crippen molar-refractivity contribution in [2.24, 2.45) is 11.8 Å². The van der Waals surface area contributed by atoms with Crippen molar-refractivity contribution < 1.29 is 47.8 Å².